The molecule has 92 valence electrons. The van der Waals surface area contributed by atoms with E-state index in [-0.39, 0.29) is 0 Å². The smallest absolute Gasteiger partial charge is 0.138 e. The summed E-state index contributed by atoms with van der Waals surface area (Å²) >= 11 is 0. The van der Waals surface area contributed by atoms with Gasteiger partial charge in [0.15, 0.2) is 0 Å². The number of nitrogens with one attached hydrogen (secondary N) is 1. The van der Waals surface area contributed by atoms with Gasteiger partial charge in [-0.2, -0.15) is 5.10 Å². The van der Waals surface area contributed by atoms with Gasteiger partial charge >= 0.3 is 0 Å². The van der Waals surface area contributed by atoms with Crippen molar-refractivity contribution in [1.82, 2.24) is 19.2 Å². The quantitative estimate of drug-likeness (QED) is 0.725. The van der Waals surface area contributed by atoms with Gasteiger partial charge in [0, 0.05) is 31.5 Å². The van der Waals surface area contributed by atoms with E-state index in [1.807, 2.05) is 35.8 Å². The van der Waals surface area contributed by atoms with E-state index in [2.05, 4.69) is 15.4 Å². The first-order chi connectivity index (χ1) is 8.75. The highest BCUT2D eigenvalue weighted by Crippen LogP contribution is 2.14. The molecule has 6 nitrogen and oxygen atoms in total. The van der Waals surface area contributed by atoms with Crippen molar-refractivity contribution in [3.63, 3.8) is 0 Å². The summed E-state index contributed by atoms with van der Waals surface area (Å²) in [6, 6.07) is 5.93. The molecule has 0 saturated heterocycles. The number of pyridine rings is 1. The SMILES string of the molecule is Cn1ncc(CNc2cccc3nccn23)c1N. The van der Waals surface area contributed by atoms with Gasteiger partial charge in [-0.05, 0) is 12.1 Å². The largest absolute Gasteiger partial charge is 0.384 e. The first kappa shape index (κ1) is 10.6. The van der Waals surface area contributed by atoms with Gasteiger partial charge in [0.05, 0.1) is 6.20 Å². The summed E-state index contributed by atoms with van der Waals surface area (Å²) < 4.78 is 3.65. The zero-order chi connectivity index (χ0) is 12.5. The molecular formula is C12H14N6. The van der Waals surface area contributed by atoms with Crippen molar-refractivity contribution in [2.75, 3.05) is 11.1 Å². The van der Waals surface area contributed by atoms with E-state index in [9.17, 15) is 0 Å². The summed E-state index contributed by atoms with van der Waals surface area (Å²) in [4.78, 5) is 4.24. The molecule has 0 amide bonds. The average Bonchev–Trinajstić information content (AvgIpc) is 2.97. The van der Waals surface area contributed by atoms with E-state index >= 15 is 0 Å². The van der Waals surface area contributed by atoms with Crippen LogP contribution in [0.25, 0.3) is 5.65 Å². The van der Waals surface area contributed by atoms with Crippen LogP contribution in [0.15, 0.2) is 36.8 Å². The molecule has 0 radical (unpaired) electrons. The Hall–Kier alpha value is -2.50. The van der Waals surface area contributed by atoms with E-state index in [0.717, 1.165) is 17.0 Å². The molecule has 0 bridgehead atoms. The third kappa shape index (κ3) is 1.67. The number of rotatable bonds is 3. The highest BCUT2D eigenvalue weighted by Gasteiger charge is 2.05. The fourth-order valence-corrected chi connectivity index (χ4v) is 1.91. The predicted octanol–water partition coefficient (Wildman–Crippen LogP) is 1.26. The molecule has 0 atom stereocenters. The third-order valence-corrected chi connectivity index (χ3v) is 2.95. The molecule has 0 fully saturated rings. The third-order valence-electron chi connectivity index (χ3n) is 2.95. The highest BCUT2D eigenvalue weighted by molar-refractivity contribution is 5.51. The number of hydrogen-bond acceptors (Lipinski definition) is 4. The van der Waals surface area contributed by atoms with Gasteiger partial charge in [-0.25, -0.2) is 4.98 Å². The van der Waals surface area contributed by atoms with Gasteiger partial charge < -0.3 is 11.1 Å². The molecule has 3 heterocycles. The Balaban J connectivity index is 1.85. The molecule has 3 N–H and O–H groups in total. The lowest BCUT2D eigenvalue weighted by Crippen LogP contribution is -2.06. The monoisotopic (exact) mass is 242 g/mol. The lowest BCUT2D eigenvalue weighted by atomic mass is 10.3. The zero-order valence-electron chi connectivity index (χ0n) is 10.0. The standard InChI is InChI=1S/C12H14N6/c1-17-12(13)9(8-16-17)7-15-11-4-2-3-10-14-5-6-18(10)11/h2-6,8,15H,7,13H2,1H3. The Morgan fingerprint density at radius 1 is 1.39 bits per heavy atom. The molecule has 0 unspecified atom stereocenters. The van der Waals surface area contributed by atoms with Gasteiger partial charge in [-0.3, -0.25) is 9.08 Å². The lowest BCUT2D eigenvalue weighted by Gasteiger charge is -2.08. The van der Waals surface area contributed by atoms with E-state index < -0.39 is 0 Å². The molecule has 0 aliphatic carbocycles. The Morgan fingerprint density at radius 2 is 2.28 bits per heavy atom. The number of nitrogens with zero attached hydrogens (tertiary/aromatic N) is 4. The number of fused-ring (bicyclic) bond motifs is 1. The molecule has 0 aliphatic rings. The lowest BCUT2D eigenvalue weighted by molar-refractivity contribution is 0.778. The molecular weight excluding hydrogens is 228 g/mol. The van der Waals surface area contributed by atoms with Gasteiger partial charge in [-0.1, -0.05) is 6.07 Å². The van der Waals surface area contributed by atoms with Crippen LogP contribution in [0, 0.1) is 0 Å². The van der Waals surface area contributed by atoms with Crippen molar-refractivity contribution in [2.45, 2.75) is 6.54 Å². The van der Waals surface area contributed by atoms with Crippen molar-refractivity contribution in [1.29, 1.82) is 0 Å². The van der Waals surface area contributed by atoms with E-state index in [1.54, 1.807) is 17.1 Å². The fraction of sp³-hybridized carbons (Fsp3) is 0.167. The van der Waals surface area contributed by atoms with E-state index in [0.29, 0.717) is 12.4 Å². The number of nitrogens with two attached hydrogens (primary N) is 1. The molecule has 0 aliphatic heterocycles. The van der Waals surface area contributed by atoms with E-state index in [4.69, 9.17) is 5.73 Å². The maximum atomic E-state index is 5.90. The number of nitrogen functional groups attached to an aromatic ring is 1. The predicted molar refractivity (Wildman–Crippen MR) is 70.1 cm³/mol. The first-order valence-corrected chi connectivity index (χ1v) is 5.68. The van der Waals surface area contributed by atoms with Crippen LogP contribution in [0.3, 0.4) is 0 Å². The molecule has 0 spiro atoms. The summed E-state index contributed by atoms with van der Waals surface area (Å²) in [6.45, 7) is 0.636. The molecule has 3 aromatic heterocycles. The van der Waals surface area contributed by atoms with Crippen LogP contribution in [0.5, 0.6) is 0 Å². The molecule has 6 heteroatoms. The van der Waals surface area contributed by atoms with Crippen LogP contribution < -0.4 is 11.1 Å². The second-order valence-electron chi connectivity index (χ2n) is 4.10. The van der Waals surface area contributed by atoms with Gasteiger partial charge in [-0.15, -0.1) is 0 Å². The van der Waals surface area contributed by atoms with Crippen LogP contribution in [-0.4, -0.2) is 19.2 Å². The molecule has 3 rings (SSSR count). The van der Waals surface area contributed by atoms with Gasteiger partial charge in [0.2, 0.25) is 0 Å². The topological polar surface area (TPSA) is 73.2 Å². The summed E-state index contributed by atoms with van der Waals surface area (Å²) in [5.41, 5.74) is 7.80. The minimum absolute atomic E-state index is 0.636. The van der Waals surface area contributed by atoms with E-state index in [1.165, 1.54) is 0 Å². The number of aromatic nitrogens is 4. The van der Waals surface area contributed by atoms with Crippen LogP contribution in [0.4, 0.5) is 11.6 Å². The van der Waals surface area contributed by atoms with Crippen LogP contribution in [0.1, 0.15) is 5.56 Å². The Morgan fingerprint density at radius 3 is 3.06 bits per heavy atom. The van der Waals surface area contributed by atoms with Crippen molar-refractivity contribution >= 4 is 17.3 Å². The number of anilines is 2. The number of hydrogen-bond donors (Lipinski definition) is 2. The molecule has 18 heavy (non-hydrogen) atoms. The minimum Gasteiger partial charge on any atom is -0.384 e. The molecule has 0 saturated carbocycles. The summed E-state index contributed by atoms with van der Waals surface area (Å²) in [7, 11) is 1.83. The fourth-order valence-electron chi connectivity index (χ4n) is 1.91. The van der Waals surface area contributed by atoms with Crippen LogP contribution in [0.2, 0.25) is 0 Å². The summed E-state index contributed by atoms with van der Waals surface area (Å²) in [5, 5.41) is 7.45. The molecule has 0 aromatic carbocycles. The average molecular weight is 242 g/mol. The summed E-state index contributed by atoms with van der Waals surface area (Å²) in [6.07, 6.45) is 5.47. The maximum absolute atomic E-state index is 5.90. The van der Waals surface area contributed by atoms with Crippen molar-refractivity contribution in [3.8, 4) is 0 Å². The second-order valence-corrected chi connectivity index (χ2v) is 4.10. The minimum atomic E-state index is 0.636. The van der Waals surface area contributed by atoms with Gasteiger partial charge in [0.25, 0.3) is 0 Å². The molecule has 3 aromatic rings. The Labute approximate surface area is 104 Å². The highest BCUT2D eigenvalue weighted by atomic mass is 15.3. The zero-order valence-corrected chi connectivity index (χ0v) is 10.0. The van der Waals surface area contributed by atoms with Crippen molar-refractivity contribution in [2.24, 2.45) is 7.05 Å². The van der Waals surface area contributed by atoms with Crippen LogP contribution >= 0.6 is 0 Å². The van der Waals surface area contributed by atoms with Gasteiger partial charge in [0.1, 0.15) is 17.3 Å². The Bertz CT molecular complexity index is 681. The number of aryl methyl sites for hydroxylation is 1. The van der Waals surface area contributed by atoms with Crippen molar-refractivity contribution < 1.29 is 0 Å². The normalized spacial score (nSPS) is 10.9. The first-order valence-electron chi connectivity index (χ1n) is 5.68. The van der Waals surface area contributed by atoms with Crippen molar-refractivity contribution in [3.05, 3.63) is 42.4 Å². The second kappa shape index (κ2) is 4.06. The Kier molecular flexibility index (Phi) is 2.40. The maximum Gasteiger partial charge on any atom is 0.138 e. The summed E-state index contributed by atoms with van der Waals surface area (Å²) in [5.74, 6) is 1.66. The number of imidazole rings is 1. The van der Waals surface area contributed by atoms with Crippen LogP contribution in [-0.2, 0) is 13.6 Å².